The van der Waals surface area contributed by atoms with Gasteiger partial charge in [0.1, 0.15) is 17.2 Å². The third-order valence-electron chi connectivity index (χ3n) is 4.54. The Balaban J connectivity index is 1.73. The van der Waals surface area contributed by atoms with Crippen LogP contribution in [0.25, 0.3) is 0 Å². The highest BCUT2D eigenvalue weighted by Gasteiger charge is 2.17. The van der Waals surface area contributed by atoms with E-state index in [0.717, 1.165) is 11.1 Å². The number of ether oxygens (including phenoxy) is 3. The lowest BCUT2D eigenvalue weighted by atomic mass is 9.98. The Labute approximate surface area is 171 Å². The first-order valence-electron chi connectivity index (χ1n) is 9.36. The fraction of sp³-hybridized carbons (Fsp3) is 0.208. The lowest BCUT2D eigenvalue weighted by Crippen LogP contribution is -2.33. The molecular weight excluding hydrogens is 366 g/mol. The van der Waals surface area contributed by atoms with E-state index in [2.05, 4.69) is 5.32 Å². The number of amides is 1. The number of carbonyl (C=O) groups excluding carboxylic acids is 1. The molecule has 1 amide bonds. The van der Waals surface area contributed by atoms with Crippen LogP contribution in [0.2, 0.25) is 0 Å². The Morgan fingerprint density at radius 1 is 0.828 bits per heavy atom. The van der Waals surface area contributed by atoms with Gasteiger partial charge in [0.25, 0.3) is 5.91 Å². The first-order valence-corrected chi connectivity index (χ1v) is 9.36. The van der Waals surface area contributed by atoms with Crippen LogP contribution in [-0.2, 0) is 4.79 Å². The van der Waals surface area contributed by atoms with Gasteiger partial charge in [-0.1, -0.05) is 60.2 Å². The van der Waals surface area contributed by atoms with E-state index in [4.69, 9.17) is 14.2 Å². The molecule has 1 atom stereocenters. The molecule has 0 radical (unpaired) electrons. The van der Waals surface area contributed by atoms with Gasteiger partial charge in [0.15, 0.2) is 6.61 Å². The van der Waals surface area contributed by atoms with Crippen molar-refractivity contribution in [1.82, 2.24) is 5.32 Å². The fourth-order valence-electron chi connectivity index (χ4n) is 2.98. The quantitative estimate of drug-likeness (QED) is 0.622. The van der Waals surface area contributed by atoms with E-state index in [1.54, 1.807) is 32.4 Å². The number of nitrogens with one attached hydrogen (secondary N) is 1. The third kappa shape index (κ3) is 5.51. The smallest absolute Gasteiger partial charge is 0.258 e. The van der Waals surface area contributed by atoms with E-state index in [1.165, 1.54) is 5.56 Å². The van der Waals surface area contributed by atoms with Gasteiger partial charge >= 0.3 is 0 Å². The minimum Gasteiger partial charge on any atom is -0.496 e. The molecule has 0 aliphatic rings. The van der Waals surface area contributed by atoms with E-state index < -0.39 is 0 Å². The van der Waals surface area contributed by atoms with Crippen molar-refractivity contribution in [3.8, 4) is 17.2 Å². The summed E-state index contributed by atoms with van der Waals surface area (Å²) in [4.78, 5) is 12.7. The summed E-state index contributed by atoms with van der Waals surface area (Å²) >= 11 is 0. The highest BCUT2D eigenvalue weighted by atomic mass is 16.5. The summed E-state index contributed by atoms with van der Waals surface area (Å²) in [6.07, 6.45) is 0. The van der Waals surface area contributed by atoms with Gasteiger partial charge in [0.05, 0.1) is 20.3 Å². The Hall–Kier alpha value is -3.47. The number of carbonyl (C=O) groups is 1. The molecule has 1 N–H and O–H groups in total. The summed E-state index contributed by atoms with van der Waals surface area (Å²) in [6, 6.07) is 22.9. The maximum Gasteiger partial charge on any atom is 0.258 e. The van der Waals surface area contributed by atoms with Crippen molar-refractivity contribution in [2.24, 2.45) is 0 Å². The van der Waals surface area contributed by atoms with E-state index in [0.29, 0.717) is 17.2 Å². The molecule has 0 saturated heterocycles. The van der Waals surface area contributed by atoms with Gasteiger partial charge in [-0.3, -0.25) is 4.79 Å². The molecule has 3 rings (SSSR count). The zero-order chi connectivity index (χ0) is 20.6. The Morgan fingerprint density at radius 3 is 1.97 bits per heavy atom. The average Bonchev–Trinajstić information content (AvgIpc) is 2.77. The topological polar surface area (TPSA) is 56.8 Å². The van der Waals surface area contributed by atoms with Gasteiger partial charge in [-0.25, -0.2) is 0 Å². The van der Waals surface area contributed by atoms with Gasteiger partial charge in [-0.05, 0) is 18.1 Å². The van der Waals surface area contributed by atoms with Gasteiger partial charge < -0.3 is 19.5 Å². The van der Waals surface area contributed by atoms with Crippen molar-refractivity contribution in [3.63, 3.8) is 0 Å². The van der Waals surface area contributed by atoms with Crippen molar-refractivity contribution in [1.29, 1.82) is 0 Å². The van der Waals surface area contributed by atoms with Crippen LogP contribution >= 0.6 is 0 Å². The summed E-state index contributed by atoms with van der Waals surface area (Å²) in [6.45, 7) is 1.92. The summed E-state index contributed by atoms with van der Waals surface area (Å²) < 4.78 is 16.1. The van der Waals surface area contributed by atoms with Crippen LogP contribution in [0.5, 0.6) is 17.2 Å². The number of hydrogen-bond donors (Lipinski definition) is 1. The third-order valence-corrected chi connectivity index (χ3v) is 4.54. The number of benzene rings is 3. The zero-order valence-electron chi connectivity index (χ0n) is 16.8. The molecule has 0 heterocycles. The second-order valence-electron chi connectivity index (χ2n) is 6.66. The van der Waals surface area contributed by atoms with E-state index >= 15 is 0 Å². The molecule has 29 heavy (non-hydrogen) atoms. The molecule has 5 heteroatoms. The second-order valence-corrected chi connectivity index (χ2v) is 6.66. The van der Waals surface area contributed by atoms with Crippen LogP contribution in [0.1, 0.15) is 22.7 Å². The first-order chi connectivity index (χ1) is 14.1. The van der Waals surface area contributed by atoms with Crippen LogP contribution in [-0.4, -0.2) is 26.7 Å². The van der Waals surface area contributed by atoms with E-state index in [1.807, 2.05) is 61.5 Å². The van der Waals surface area contributed by atoms with Crippen LogP contribution in [0.4, 0.5) is 0 Å². The van der Waals surface area contributed by atoms with Crippen molar-refractivity contribution in [3.05, 3.63) is 89.5 Å². The summed E-state index contributed by atoms with van der Waals surface area (Å²) in [5.74, 6) is 1.48. The minimum atomic E-state index is -0.257. The van der Waals surface area contributed by atoms with E-state index in [9.17, 15) is 4.79 Å². The molecule has 0 aliphatic heterocycles. The molecule has 0 aromatic heterocycles. The van der Waals surface area contributed by atoms with Crippen molar-refractivity contribution < 1.29 is 19.0 Å². The molecule has 150 valence electrons. The predicted octanol–water partition coefficient (Wildman–Crippen LogP) is 4.30. The maximum atomic E-state index is 12.7. The SMILES string of the molecule is COc1cc(OC)cc(OCC(=O)N[C@@H](c2ccccc2)c2ccc(C)cc2)c1. The predicted molar refractivity (Wildman–Crippen MR) is 113 cm³/mol. The molecule has 5 nitrogen and oxygen atoms in total. The molecule has 0 aliphatic carbocycles. The lowest BCUT2D eigenvalue weighted by molar-refractivity contribution is -0.123. The molecule has 3 aromatic rings. The van der Waals surface area contributed by atoms with Crippen molar-refractivity contribution >= 4 is 5.91 Å². The molecular formula is C24H25NO4. The zero-order valence-corrected chi connectivity index (χ0v) is 16.8. The maximum absolute atomic E-state index is 12.7. The Kier molecular flexibility index (Phi) is 6.74. The normalized spacial score (nSPS) is 11.4. The number of methoxy groups -OCH3 is 2. The van der Waals surface area contributed by atoms with Crippen LogP contribution in [0.15, 0.2) is 72.8 Å². The highest BCUT2D eigenvalue weighted by Crippen LogP contribution is 2.27. The van der Waals surface area contributed by atoms with Crippen LogP contribution < -0.4 is 19.5 Å². The first kappa shape index (κ1) is 20.3. The average molecular weight is 391 g/mol. The summed E-state index contributed by atoms with van der Waals surface area (Å²) in [5.41, 5.74) is 3.19. The molecule has 0 spiro atoms. The monoisotopic (exact) mass is 391 g/mol. The summed E-state index contributed by atoms with van der Waals surface area (Å²) in [5, 5.41) is 3.07. The Bertz CT molecular complexity index is 917. The van der Waals surface area contributed by atoms with Gasteiger partial charge in [-0.2, -0.15) is 0 Å². The highest BCUT2D eigenvalue weighted by molar-refractivity contribution is 5.78. The largest absolute Gasteiger partial charge is 0.496 e. The fourth-order valence-corrected chi connectivity index (χ4v) is 2.98. The number of hydrogen-bond acceptors (Lipinski definition) is 4. The van der Waals surface area contributed by atoms with Crippen molar-refractivity contribution in [2.45, 2.75) is 13.0 Å². The second kappa shape index (κ2) is 9.64. The van der Waals surface area contributed by atoms with Crippen molar-refractivity contribution in [2.75, 3.05) is 20.8 Å². The van der Waals surface area contributed by atoms with Crippen LogP contribution in [0, 0.1) is 6.92 Å². The van der Waals surface area contributed by atoms with Crippen LogP contribution in [0.3, 0.4) is 0 Å². The van der Waals surface area contributed by atoms with Gasteiger partial charge in [-0.15, -0.1) is 0 Å². The van der Waals surface area contributed by atoms with Gasteiger partial charge in [0, 0.05) is 18.2 Å². The summed E-state index contributed by atoms with van der Waals surface area (Å²) in [7, 11) is 3.13. The van der Waals surface area contributed by atoms with E-state index in [-0.39, 0.29) is 18.6 Å². The number of rotatable bonds is 8. The molecule has 0 unspecified atom stereocenters. The minimum absolute atomic E-state index is 0.120. The Morgan fingerprint density at radius 2 is 1.38 bits per heavy atom. The molecule has 0 fully saturated rings. The number of aryl methyl sites for hydroxylation is 1. The molecule has 0 saturated carbocycles. The molecule has 0 bridgehead atoms. The standard InChI is InChI=1S/C24H25NO4/c1-17-9-11-19(12-10-17)24(18-7-5-4-6-8-18)25-23(26)16-29-22-14-20(27-2)13-21(15-22)28-3/h4-15,24H,16H2,1-3H3,(H,25,26)/t24-/m0/s1. The lowest BCUT2D eigenvalue weighted by Gasteiger charge is -2.20. The molecule has 3 aromatic carbocycles. The van der Waals surface area contributed by atoms with Gasteiger partial charge in [0.2, 0.25) is 0 Å².